The molecule has 2 amide bonds. The van der Waals surface area contributed by atoms with Crippen LogP contribution in [0.3, 0.4) is 0 Å². The quantitative estimate of drug-likeness (QED) is 0.312. The van der Waals surface area contributed by atoms with E-state index in [-0.39, 0.29) is 12.1 Å². The maximum absolute atomic E-state index is 13.9. The number of aryl methyl sites for hydroxylation is 2. The number of carbonyl (C=O) groups excluding carboxylic acids is 1. The van der Waals surface area contributed by atoms with Crippen LogP contribution < -0.4 is 5.32 Å². The fourth-order valence-corrected chi connectivity index (χ4v) is 6.82. The third kappa shape index (κ3) is 3.64. The van der Waals surface area contributed by atoms with Crippen LogP contribution in [0.25, 0.3) is 5.00 Å². The maximum Gasteiger partial charge on any atom is 0.323 e. The van der Waals surface area contributed by atoms with E-state index in [0.29, 0.717) is 17.3 Å². The highest BCUT2D eigenvalue weighted by molar-refractivity contribution is 7.15. The van der Waals surface area contributed by atoms with Gasteiger partial charge in [0.2, 0.25) is 0 Å². The molecule has 0 fully saturated rings. The molecule has 1 aliphatic heterocycles. The topological polar surface area (TPSA) is 37.3 Å². The van der Waals surface area contributed by atoms with Gasteiger partial charge in [-0.3, -0.25) is 0 Å². The van der Waals surface area contributed by atoms with Crippen molar-refractivity contribution in [1.29, 1.82) is 0 Å². The summed E-state index contributed by atoms with van der Waals surface area (Å²) in [4.78, 5) is 17.4. The van der Waals surface area contributed by atoms with Gasteiger partial charge in [-0.2, -0.15) is 0 Å². The lowest BCUT2D eigenvalue weighted by Crippen LogP contribution is -2.38. The van der Waals surface area contributed by atoms with Gasteiger partial charge in [-0.1, -0.05) is 53.6 Å². The Morgan fingerprint density at radius 1 is 1.00 bits per heavy atom. The molecule has 3 heterocycles. The van der Waals surface area contributed by atoms with Crippen LogP contribution >= 0.6 is 22.9 Å². The van der Waals surface area contributed by atoms with Gasteiger partial charge in [-0.25, -0.2) is 4.79 Å². The van der Waals surface area contributed by atoms with Crippen LogP contribution in [0.5, 0.6) is 0 Å². The zero-order valence-corrected chi connectivity index (χ0v) is 20.6. The summed E-state index contributed by atoms with van der Waals surface area (Å²) in [5.74, 6) is 0. The molecule has 0 radical (unpaired) electrons. The molecule has 2 aliphatic rings. The Balaban J connectivity index is 1.51. The molecule has 0 saturated carbocycles. The molecule has 1 atom stereocenters. The van der Waals surface area contributed by atoms with Gasteiger partial charge in [0.1, 0.15) is 5.00 Å². The van der Waals surface area contributed by atoms with E-state index in [0.717, 1.165) is 24.1 Å². The highest BCUT2D eigenvalue weighted by Gasteiger charge is 2.36. The maximum atomic E-state index is 13.9. The lowest BCUT2D eigenvalue weighted by atomic mass is 9.95. The second kappa shape index (κ2) is 8.64. The number of fused-ring (bicyclic) bond motifs is 5. The van der Waals surface area contributed by atoms with Gasteiger partial charge in [-0.05, 0) is 68.0 Å². The van der Waals surface area contributed by atoms with Crippen molar-refractivity contribution in [2.45, 2.75) is 45.2 Å². The zero-order chi connectivity index (χ0) is 23.2. The monoisotopic (exact) mass is 487 g/mol. The Morgan fingerprint density at radius 2 is 1.79 bits per heavy atom. The van der Waals surface area contributed by atoms with Crippen LogP contribution in [0.4, 0.5) is 10.5 Å². The van der Waals surface area contributed by atoms with E-state index in [2.05, 4.69) is 59.4 Å². The van der Waals surface area contributed by atoms with E-state index in [1.807, 2.05) is 34.4 Å². The van der Waals surface area contributed by atoms with Crippen molar-refractivity contribution in [1.82, 2.24) is 9.47 Å². The second-order valence-electron chi connectivity index (χ2n) is 9.15. The number of anilines is 1. The number of urea groups is 1. The van der Waals surface area contributed by atoms with Crippen molar-refractivity contribution in [2.75, 3.05) is 5.32 Å². The molecule has 2 aromatic heterocycles. The number of para-hydroxylation sites is 1. The minimum atomic E-state index is -0.211. The van der Waals surface area contributed by atoms with Gasteiger partial charge < -0.3 is 14.8 Å². The molecule has 4 nitrogen and oxygen atoms in total. The molecule has 1 N–H and O–H groups in total. The first kappa shape index (κ1) is 21.5. The fourth-order valence-electron chi connectivity index (χ4n) is 5.24. The Hall–Kier alpha value is -3.02. The first-order valence-electron chi connectivity index (χ1n) is 11.8. The average Bonchev–Trinajstić information content (AvgIpc) is 3.43. The predicted octanol–water partition coefficient (Wildman–Crippen LogP) is 7.52. The Kier molecular flexibility index (Phi) is 5.47. The average molecular weight is 488 g/mol. The standard InChI is InChI=1S/C28H26ClN3OS/c1-18-12-14-19(15-13-18)26-24-10-6-16-31(24)27-21(20-7-2-5-11-25(20)34-27)17-32(26)28(33)30-23-9-4-3-8-22(23)29/h3-4,6,8-10,12-16,26H,2,5,7,11,17H2,1H3,(H,30,33)/t26-/m1/s1. The van der Waals surface area contributed by atoms with Crippen molar-refractivity contribution < 1.29 is 4.79 Å². The molecule has 6 rings (SSSR count). The normalized spacial score (nSPS) is 16.9. The number of benzene rings is 2. The number of amides is 2. The summed E-state index contributed by atoms with van der Waals surface area (Å²) in [6.45, 7) is 2.66. The fraction of sp³-hybridized carbons (Fsp3) is 0.250. The number of nitrogens with one attached hydrogen (secondary N) is 1. The molecule has 6 heteroatoms. The Morgan fingerprint density at radius 3 is 2.62 bits per heavy atom. The van der Waals surface area contributed by atoms with Gasteiger partial charge in [0.25, 0.3) is 0 Å². The van der Waals surface area contributed by atoms with Crippen LogP contribution in [0.2, 0.25) is 5.02 Å². The summed E-state index contributed by atoms with van der Waals surface area (Å²) in [6.07, 6.45) is 6.83. The highest BCUT2D eigenvalue weighted by atomic mass is 35.5. The number of nitrogens with zero attached hydrogens (tertiary/aromatic N) is 2. The molecule has 4 aromatic rings. The van der Waals surface area contributed by atoms with Crippen LogP contribution in [-0.2, 0) is 19.4 Å². The summed E-state index contributed by atoms with van der Waals surface area (Å²) in [5, 5.41) is 4.89. The van der Waals surface area contributed by atoms with Crippen LogP contribution in [0.1, 0.15) is 51.7 Å². The molecular formula is C28H26ClN3OS. The van der Waals surface area contributed by atoms with Crippen molar-refractivity contribution >= 4 is 34.7 Å². The molecule has 0 saturated heterocycles. The van der Waals surface area contributed by atoms with E-state index in [1.165, 1.54) is 39.4 Å². The lowest BCUT2D eigenvalue weighted by Gasteiger charge is -2.31. The minimum Gasteiger partial charge on any atom is -0.310 e. The van der Waals surface area contributed by atoms with E-state index < -0.39 is 0 Å². The van der Waals surface area contributed by atoms with Crippen LogP contribution in [-0.4, -0.2) is 15.5 Å². The first-order chi connectivity index (χ1) is 16.6. The molecular weight excluding hydrogens is 462 g/mol. The highest BCUT2D eigenvalue weighted by Crippen LogP contribution is 2.44. The van der Waals surface area contributed by atoms with E-state index in [4.69, 9.17) is 11.6 Å². The molecule has 0 bridgehead atoms. The molecule has 172 valence electrons. The van der Waals surface area contributed by atoms with Crippen LogP contribution in [0, 0.1) is 6.92 Å². The number of rotatable bonds is 2. The van der Waals surface area contributed by atoms with Gasteiger partial charge in [0.15, 0.2) is 0 Å². The number of aromatic nitrogens is 1. The third-order valence-corrected chi connectivity index (χ3v) is 8.61. The summed E-state index contributed by atoms with van der Waals surface area (Å²) in [6, 6.07) is 19.8. The van der Waals surface area contributed by atoms with E-state index >= 15 is 0 Å². The largest absolute Gasteiger partial charge is 0.323 e. The van der Waals surface area contributed by atoms with Crippen LogP contribution in [0.15, 0.2) is 66.9 Å². The number of hydrogen-bond donors (Lipinski definition) is 1. The number of carbonyl (C=O) groups is 1. The number of halogens is 1. The molecule has 1 aliphatic carbocycles. The Bertz CT molecular complexity index is 1370. The summed E-state index contributed by atoms with van der Waals surface area (Å²) in [5.41, 5.74) is 6.78. The lowest BCUT2D eigenvalue weighted by molar-refractivity contribution is 0.194. The number of hydrogen-bond acceptors (Lipinski definition) is 2. The van der Waals surface area contributed by atoms with Crippen molar-refractivity contribution in [2.24, 2.45) is 0 Å². The molecule has 0 unspecified atom stereocenters. The third-order valence-electron chi connectivity index (χ3n) is 6.95. The van der Waals surface area contributed by atoms with Gasteiger partial charge in [-0.15, -0.1) is 11.3 Å². The summed E-state index contributed by atoms with van der Waals surface area (Å²) in [7, 11) is 0. The van der Waals surface area contributed by atoms with Gasteiger partial charge in [0, 0.05) is 16.6 Å². The van der Waals surface area contributed by atoms with Crippen molar-refractivity contribution in [3.8, 4) is 5.00 Å². The van der Waals surface area contributed by atoms with Gasteiger partial charge in [0.05, 0.1) is 29.0 Å². The smallest absolute Gasteiger partial charge is 0.310 e. The SMILES string of the molecule is Cc1ccc([C@@H]2c3cccn3-c3sc4c(c3CN2C(=O)Nc2ccccc2Cl)CCCC4)cc1. The minimum absolute atomic E-state index is 0.143. The summed E-state index contributed by atoms with van der Waals surface area (Å²) >= 11 is 8.30. The molecule has 0 spiro atoms. The molecule has 34 heavy (non-hydrogen) atoms. The predicted molar refractivity (Wildman–Crippen MR) is 139 cm³/mol. The zero-order valence-electron chi connectivity index (χ0n) is 19.1. The van der Waals surface area contributed by atoms with E-state index in [1.54, 1.807) is 6.07 Å². The van der Waals surface area contributed by atoms with Crippen molar-refractivity contribution in [3.63, 3.8) is 0 Å². The van der Waals surface area contributed by atoms with Crippen molar-refractivity contribution in [3.05, 3.63) is 105 Å². The van der Waals surface area contributed by atoms with E-state index in [9.17, 15) is 4.79 Å². The Labute approximate surface area is 208 Å². The number of thiophene rings is 1. The van der Waals surface area contributed by atoms with Gasteiger partial charge >= 0.3 is 6.03 Å². The first-order valence-corrected chi connectivity index (χ1v) is 13.0. The molecule has 2 aromatic carbocycles. The second-order valence-corrected chi connectivity index (χ2v) is 10.6. The summed E-state index contributed by atoms with van der Waals surface area (Å²) < 4.78 is 2.31.